The summed E-state index contributed by atoms with van der Waals surface area (Å²) < 4.78 is 6.50. The SMILES string of the molecule is Nc1cc(-c2ccco2)nn(Cc2c(Cl)cccc2Cl)c1=O. The Kier molecular flexibility index (Phi) is 3.92. The molecule has 2 N–H and O–H groups in total. The molecule has 7 heteroatoms. The van der Waals surface area contributed by atoms with Gasteiger partial charge in [-0.2, -0.15) is 5.10 Å². The molecule has 0 fully saturated rings. The van der Waals surface area contributed by atoms with Gasteiger partial charge in [-0.25, -0.2) is 4.68 Å². The summed E-state index contributed by atoms with van der Waals surface area (Å²) in [5.74, 6) is 0.519. The van der Waals surface area contributed by atoms with Gasteiger partial charge in [-0.15, -0.1) is 0 Å². The predicted octanol–water partition coefficient (Wildman–Crippen LogP) is 3.44. The first-order valence-corrected chi connectivity index (χ1v) is 7.16. The lowest BCUT2D eigenvalue weighted by atomic mass is 10.2. The summed E-state index contributed by atoms with van der Waals surface area (Å²) in [4.78, 5) is 12.2. The van der Waals surface area contributed by atoms with Gasteiger partial charge in [-0.3, -0.25) is 4.79 Å². The molecule has 0 aliphatic rings. The van der Waals surface area contributed by atoms with Gasteiger partial charge in [0.2, 0.25) is 0 Å². The number of halogens is 2. The molecule has 0 bridgehead atoms. The summed E-state index contributed by atoms with van der Waals surface area (Å²) in [7, 11) is 0. The summed E-state index contributed by atoms with van der Waals surface area (Å²) in [5, 5.41) is 5.19. The van der Waals surface area contributed by atoms with Crippen molar-refractivity contribution >= 4 is 28.9 Å². The molecule has 3 aromatic rings. The van der Waals surface area contributed by atoms with E-state index in [9.17, 15) is 4.79 Å². The summed E-state index contributed by atoms with van der Waals surface area (Å²) >= 11 is 12.3. The number of hydrogen-bond donors (Lipinski definition) is 1. The van der Waals surface area contributed by atoms with Gasteiger partial charge in [0.05, 0.1) is 12.8 Å². The van der Waals surface area contributed by atoms with Crippen molar-refractivity contribution in [1.29, 1.82) is 0 Å². The van der Waals surface area contributed by atoms with Gasteiger partial charge in [0, 0.05) is 15.6 Å². The maximum Gasteiger partial charge on any atom is 0.290 e. The van der Waals surface area contributed by atoms with Crippen LogP contribution >= 0.6 is 23.2 Å². The average Bonchev–Trinajstić information content (AvgIpc) is 3.01. The lowest BCUT2D eigenvalue weighted by molar-refractivity contribution is 0.570. The van der Waals surface area contributed by atoms with Crippen molar-refractivity contribution in [3.05, 3.63) is 68.6 Å². The molecule has 0 spiro atoms. The molecule has 2 aromatic heterocycles. The highest BCUT2D eigenvalue weighted by Gasteiger charge is 2.13. The number of benzene rings is 1. The number of furan rings is 1. The van der Waals surface area contributed by atoms with Crippen LogP contribution in [0, 0.1) is 0 Å². The number of anilines is 1. The zero-order valence-corrected chi connectivity index (χ0v) is 12.8. The molecule has 0 unspecified atom stereocenters. The zero-order valence-electron chi connectivity index (χ0n) is 11.3. The van der Waals surface area contributed by atoms with Crippen LogP contribution in [-0.2, 0) is 6.54 Å². The maximum atomic E-state index is 12.2. The monoisotopic (exact) mass is 335 g/mol. The van der Waals surface area contributed by atoms with Crippen LogP contribution in [0.15, 0.2) is 51.9 Å². The second kappa shape index (κ2) is 5.87. The number of nitrogens with zero attached hydrogens (tertiary/aromatic N) is 2. The first kappa shape index (κ1) is 14.7. The third-order valence-corrected chi connectivity index (χ3v) is 3.85. The molecule has 0 radical (unpaired) electrons. The standard InChI is InChI=1S/C15H11Cl2N3O2/c16-10-3-1-4-11(17)9(10)8-20-15(21)12(18)7-13(19-20)14-5-2-6-22-14/h1-7H,8,18H2. The van der Waals surface area contributed by atoms with Gasteiger partial charge in [-0.1, -0.05) is 29.3 Å². The quantitative estimate of drug-likeness (QED) is 0.795. The highest BCUT2D eigenvalue weighted by Crippen LogP contribution is 2.25. The molecule has 3 rings (SSSR count). The number of hydrogen-bond acceptors (Lipinski definition) is 4. The molecule has 0 atom stereocenters. The number of nitrogens with two attached hydrogens (primary N) is 1. The van der Waals surface area contributed by atoms with Crippen LogP contribution in [0.5, 0.6) is 0 Å². The Morgan fingerprint density at radius 3 is 2.55 bits per heavy atom. The molecule has 0 saturated carbocycles. The van der Waals surface area contributed by atoms with Gasteiger partial charge < -0.3 is 10.2 Å². The lowest BCUT2D eigenvalue weighted by Crippen LogP contribution is -2.26. The van der Waals surface area contributed by atoms with Gasteiger partial charge in [0.15, 0.2) is 5.76 Å². The second-order valence-corrected chi connectivity index (χ2v) is 5.44. The van der Waals surface area contributed by atoms with Gasteiger partial charge in [-0.05, 0) is 30.3 Å². The Morgan fingerprint density at radius 2 is 1.91 bits per heavy atom. The van der Waals surface area contributed by atoms with Gasteiger partial charge in [0.25, 0.3) is 5.56 Å². The van der Waals surface area contributed by atoms with E-state index in [2.05, 4.69) is 5.10 Å². The van der Waals surface area contributed by atoms with Crippen LogP contribution < -0.4 is 11.3 Å². The fourth-order valence-corrected chi connectivity index (χ4v) is 2.56. The van der Waals surface area contributed by atoms with Crippen molar-refractivity contribution in [2.75, 3.05) is 5.73 Å². The van der Waals surface area contributed by atoms with E-state index in [1.807, 2.05) is 0 Å². The smallest absolute Gasteiger partial charge is 0.290 e. The molecule has 0 amide bonds. The molecule has 2 heterocycles. The molecule has 0 saturated heterocycles. The van der Waals surface area contributed by atoms with Crippen molar-refractivity contribution in [2.24, 2.45) is 0 Å². The molecule has 22 heavy (non-hydrogen) atoms. The van der Waals surface area contributed by atoms with E-state index < -0.39 is 5.56 Å². The maximum absolute atomic E-state index is 12.2. The molecular formula is C15H11Cl2N3O2. The molecule has 0 aliphatic heterocycles. The fourth-order valence-electron chi connectivity index (χ4n) is 2.05. The van der Waals surface area contributed by atoms with Crippen LogP contribution in [-0.4, -0.2) is 9.78 Å². The minimum atomic E-state index is -0.411. The number of aromatic nitrogens is 2. The van der Waals surface area contributed by atoms with Crippen LogP contribution in [0.1, 0.15) is 5.56 Å². The Labute approximate surface area is 135 Å². The van der Waals surface area contributed by atoms with Gasteiger partial charge in [0.1, 0.15) is 11.4 Å². The van der Waals surface area contributed by atoms with Crippen molar-refractivity contribution < 1.29 is 4.42 Å². The third kappa shape index (κ3) is 2.73. The third-order valence-electron chi connectivity index (χ3n) is 3.15. The highest BCUT2D eigenvalue weighted by atomic mass is 35.5. The topological polar surface area (TPSA) is 74.0 Å². The first-order valence-electron chi connectivity index (χ1n) is 6.40. The number of rotatable bonds is 3. The van der Waals surface area contributed by atoms with Crippen molar-refractivity contribution in [2.45, 2.75) is 6.54 Å². The molecule has 0 aliphatic carbocycles. The predicted molar refractivity (Wildman–Crippen MR) is 86.2 cm³/mol. The summed E-state index contributed by atoms with van der Waals surface area (Å²) in [6.45, 7) is 0.121. The molecule has 1 aromatic carbocycles. The van der Waals surface area contributed by atoms with Crippen LogP contribution in [0.4, 0.5) is 5.69 Å². The minimum absolute atomic E-state index is 0.0737. The minimum Gasteiger partial charge on any atom is -0.463 e. The van der Waals surface area contributed by atoms with Crippen LogP contribution in [0.3, 0.4) is 0 Å². The van der Waals surface area contributed by atoms with Crippen LogP contribution in [0.2, 0.25) is 10.0 Å². The van der Waals surface area contributed by atoms with E-state index in [0.29, 0.717) is 27.1 Å². The highest BCUT2D eigenvalue weighted by molar-refractivity contribution is 6.35. The summed E-state index contributed by atoms with van der Waals surface area (Å²) in [6.07, 6.45) is 1.52. The Hall–Kier alpha value is -2.24. The summed E-state index contributed by atoms with van der Waals surface area (Å²) in [6, 6.07) is 10.1. The molecule has 112 valence electrons. The lowest BCUT2D eigenvalue weighted by Gasteiger charge is -2.10. The summed E-state index contributed by atoms with van der Waals surface area (Å²) in [5.41, 5.74) is 6.51. The van der Waals surface area contributed by atoms with Crippen molar-refractivity contribution in [1.82, 2.24) is 9.78 Å². The van der Waals surface area contributed by atoms with Crippen molar-refractivity contribution in [3.63, 3.8) is 0 Å². The fraction of sp³-hybridized carbons (Fsp3) is 0.0667. The van der Waals surface area contributed by atoms with E-state index in [1.54, 1.807) is 30.3 Å². The second-order valence-electron chi connectivity index (χ2n) is 4.63. The molecular weight excluding hydrogens is 325 g/mol. The van der Waals surface area contributed by atoms with Crippen molar-refractivity contribution in [3.8, 4) is 11.5 Å². The average molecular weight is 336 g/mol. The normalized spacial score (nSPS) is 10.8. The van der Waals surface area contributed by atoms with Crippen LogP contribution in [0.25, 0.3) is 11.5 Å². The van der Waals surface area contributed by atoms with Gasteiger partial charge >= 0.3 is 0 Å². The zero-order chi connectivity index (χ0) is 15.7. The van der Waals surface area contributed by atoms with E-state index >= 15 is 0 Å². The van der Waals surface area contributed by atoms with E-state index in [1.165, 1.54) is 17.0 Å². The Bertz CT molecular complexity index is 853. The first-order chi connectivity index (χ1) is 10.6. The van der Waals surface area contributed by atoms with E-state index in [4.69, 9.17) is 33.4 Å². The van der Waals surface area contributed by atoms with E-state index in [-0.39, 0.29) is 12.2 Å². The molecule has 5 nitrogen and oxygen atoms in total. The Balaban J connectivity index is 2.09. The Morgan fingerprint density at radius 1 is 1.18 bits per heavy atom. The number of nitrogen functional groups attached to an aromatic ring is 1. The van der Waals surface area contributed by atoms with E-state index in [0.717, 1.165) is 0 Å². The largest absolute Gasteiger partial charge is 0.463 e.